The Morgan fingerprint density at radius 2 is 1.38 bits per heavy atom. The number of carbonyl (C=O) groups is 4. The lowest BCUT2D eigenvalue weighted by atomic mass is 10.0. The largest absolute Gasteiger partial charge is 0.459 e. The van der Waals surface area contributed by atoms with E-state index in [0.29, 0.717) is 0 Å². The molecule has 2 heterocycles. The fourth-order valence-corrected chi connectivity index (χ4v) is 4.47. The second kappa shape index (κ2) is 8.94. The van der Waals surface area contributed by atoms with Crippen LogP contribution in [0.4, 0.5) is 0 Å². The zero-order chi connectivity index (χ0) is 23.7. The average molecular weight is 454 g/mol. The average Bonchev–Trinajstić information content (AvgIpc) is 3.03. The van der Waals surface area contributed by atoms with Gasteiger partial charge in [0.15, 0.2) is 0 Å². The molecular formula is C27H22N2O5. The monoisotopic (exact) mass is 454 g/mol. The second-order valence-corrected chi connectivity index (χ2v) is 8.36. The summed E-state index contributed by atoms with van der Waals surface area (Å²) in [6, 6.07) is 22.3. The number of hydrogen-bond acceptors (Lipinski definition) is 5. The molecule has 0 aromatic heterocycles. The number of ether oxygens (including phenoxy) is 1. The Labute approximate surface area is 196 Å². The molecule has 3 aromatic rings. The molecule has 5 rings (SSSR count). The summed E-state index contributed by atoms with van der Waals surface area (Å²) in [5.41, 5.74) is 3.13. The van der Waals surface area contributed by atoms with Crippen LogP contribution in [0.25, 0.3) is 0 Å². The summed E-state index contributed by atoms with van der Waals surface area (Å²) in [4.78, 5) is 54.9. The molecule has 2 aliphatic heterocycles. The van der Waals surface area contributed by atoms with Crippen molar-refractivity contribution in [3.63, 3.8) is 0 Å². The summed E-state index contributed by atoms with van der Waals surface area (Å²) < 4.78 is 5.38. The van der Waals surface area contributed by atoms with Crippen LogP contribution in [-0.2, 0) is 33.9 Å². The van der Waals surface area contributed by atoms with Crippen LogP contribution in [0.3, 0.4) is 0 Å². The molecule has 0 radical (unpaired) electrons. The molecule has 0 saturated heterocycles. The van der Waals surface area contributed by atoms with Crippen molar-refractivity contribution >= 4 is 23.7 Å². The van der Waals surface area contributed by atoms with E-state index in [1.54, 1.807) is 24.3 Å². The zero-order valence-electron chi connectivity index (χ0n) is 18.3. The maximum absolute atomic E-state index is 13.6. The van der Waals surface area contributed by atoms with E-state index in [9.17, 15) is 19.2 Å². The molecule has 0 N–H and O–H groups in total. The minimum atomic E-state index is -1.04. The van der Waals surface area contributed by atoms with Crippen molar-refractivity contribution in [3.8, 4) is 0 Å². The number of rotatable bonds is 5. The molecular weight excluding hydrogens is 432 g/mol. The smallest absolute Gasteiger partial charge is 0.325 e. The molecule has 0 aliphatic carbocycles. The summed E-state index contributed by atoms with van der Waals surface area (Å²) in [5.74, 6) is -2.00. The van der Waals surface area contributed by atoms with Crippen LogP contribution < -0.4 is 0 Å². The lowest BCUT2D eigenvalue weighted by Crippen LogP contribution is -2.51. The Kier molecular flexibility index (Phi) is 5.67. The third-order valence-electron chi connectivity index (χ3n) is 6.19. The molecule has 0 spiro atoms. The molecule has 0 bridgehead atoms. The quantitative estimate of drug-likeness (QED) is 0.437. The van der Waals surface area contributed by atoms with E-state index in [0.717, 1.165) is 21.6 Å². The Hall–Kier alpha value is -4.26. The van der Waals surface area contributed by atoms with Crippen LogP contribution in [0, 0.1) is 0 Å². The number of benzene rings is 3. The van der Waals surface area contributed by atoms with Gasteiger partial charge >= 0.3 is 5.97 Å². The van der Waals surface area contributed by atoms with Gasteiger partial charge in [-0.15, -0.1) is 0 Å². The molecule has 7 nitrogen and oxygen atoms in total. The van der Waals surface area contributed by atoms with Gasteiger partial charge in [-0.3, -0.25) is 24.1 Å². The van der Waals surface area contributed by atoms with Gasteiger partial charge in [0.2, 0.25) is 5.91 Å². The molecule has 3 aromatic carbocycles. The summed E-state index contributed by atoms with van der Waals surface area (Å²) in [6.45, 7) is 0.00884. The fourth-order valence-electron chi connectivity index (χ4n) is 4.47. The highest BCUT2D eigenvalue weighted by molar-refractivity contribution is 6.23. The van der Waals surface area contributed by atoms with E-state index in [4.69, 9.17) is 4.74 Å². The Balaban J connectivity index is 1.41. The van der Waals surface area contributed by atoms with E-state index < -0.39 is 29.7 Å². The van der Waals surface area contributed by atoms with E-state index in [-0.39, 0.29) is 37.2 Å². The zero-order valence-corrected chi connectivity index (χ0v) is 18.3. The number of carbonyl (C=O) groups excluding carboxylic acids is 4. The molecule has 7 heteroatoms. The SMILES string of the molecule is O=C(CN1Cc2ccccc2C[C@@H](N2C(=O)c3ccccc3C2=O)C1=O)OCc1ccccc1. The van der Waals surface area contributed by atoms with E-state index >= 15 is 0 Å². The number of amides is 3. The number of nitrogens with zero attached hydrogens (tertiary/aromatic N) is 2. The normalized spacial score (nSPS) is 17.3. The van der Waals surface area contributed by atoms with Gasteiger partial charge in [0, 0.05) is 13.0 Å². The number of fused-ring (bicyclic) bond motifs is 2. The van der Waals surface area contributed by atoms with Crippen LogP contribution in [0.15, 0.2) is 78.9 Å². The standard InChI is InChI=1S/C27H22N2O5/c30-24(34-17-18-8-2-1-3-9-18)16-28-15-20-11-5-4-10-19(20)14-23(27(28)33)29-25(31)21-12-6-7-13-22(21)26(29)32/h1-13,23H,14-17H2/t23-/m1/s1. The molecule has 0 unspecified atom stereocenters. The maximum atomic E-state index is 13.6. The van der Waals surface area contributed by atoms with Crippen LogP contribution >= 0.6 is 0 Å². The van der Waals surface area contributed by atoms with Crippen molar-refractivity contribution in [1.82, 2.24) is 9.80 Å². The highest BCUT2D eigenvalue weighted by atomic mass is 16.5. The molecule has 170 valence electrons. The van der Waals surface area contributed by atoms with Gasteiger partial charge in [-0.05, 0) is 28.8 Å². The molecule has 3 amide bonds. The Morgan fingerprint density at radius 3 is 2.06 bits per heavy atom. The van der Waals surface area contributed by atoms with Gasteiger partial charge in [-0.25, -0.2) is 0 Å². The molecule has 2 aliphatic rings. The van der Waals surface area contributed by atoms with Crippen molar-refractivity contribution in [1.29, 1.82) is 0 Å². The summed E-state index contributed by atoms with van der Waals surface area (Å²) in [5, 5.41) is 0. The van der Waals surface area contributed by atoms with Gasteiger partial charge in [0.25, 0.3) is 11.8 Å². The first-order valence-electron chi connectivity index (χ1n) is 11.0. The van der Waals surface area contributed by atoms with E-state index in [2.05, 4.69) is 0 Å². The van der Waals surface area contributed by atoms with Gasteiger partial charge in [0.1, 0.15) is 19.2 Å². The first-order chi connectivity index (χ1) is 16.5. The first-order valence-corrected chi connectivity index (χ1v) is 11.0. The maximum Gasteiger partial charge on any atom is 0.325 e. The highest BCUT2D eigenvalue weighted by Crippen LogP contribution is 2.29. The van der Waals surface area contributed by atoms with Crippen LogP contribution in [0.5, 0.6) is 0 Å². The first kappa shape index (κ1) is 21.6. The van der Waals surface area contributed by atoms with Gasteiger partial charge < -0.3 is 9.64 Å². The molecule has 34 heavy (non-hydrogen) atoms. The van der Waals surface area contributed by atoms with Crippen molar-refractivity contribution < 1.29 is 23.9 Å². The second-order valence-electron chi connectivity index (χ2n) is 8.36. The predicted molar refractivity (Wildman–Crippen MR) is 123 cm³/mol. The van der Waals surface area contributed by atoms with Crippen LogP contribution in [-0.4, -0.2) is 46.1 Å². The predicted octanol–water partition coefficient (Wildman–Crippen LogP) is 2.98. The molecule has 0 saturated carbocycles. The van der Waals surface area contributed by atoms with Crippen LogP contribution in [0.1, 0.15) is 37.4 Å². The number of hydrogen-bond donors (Lipinski definition) is 0. The van der Waals surface area contributed by atoms with Gasteiger partial charge in [0.05, 0.1) is 11.1 Å². The fraction of sp³-hybridized carbons (Fsp3) is 0.185. The molecule has 1 atom stereocenters. The third kappa shape index (κ3) is 3.96. The lowest BCUT2D eigenvalue weighted by molar-refractivity contribution is -0.151. The van der Waals surface area contributed by atoms with Gasteiger partial charge in [-0.1, -0.05) is 66.7 Å². The highest BCUT2D eigenvalue weighted by Gasteiger charge is 2.45. The summed E-state index contributed by atoms with van der Waals surface area (Å²) >= 11 is 0. The number of imide groups is 1. The Bertz CT molecular complexity index is 1250. The summed E-state index contributed by atoms with van der Waals surface area (Å²) in [6.07, 6.45) is 0.191. The lowest BCUT2D eigenvalue weighted by Gasteiger charge is -2.28. The topological polar surface area (TPSA) is 84.0 Å². The Morgan fingerprint density at radius 1 is 0.794 bits per heavy atom. The molecule has 0 fully saturated rings. The van der Waals surface area contributed by atoms with Crippen molar-refractivity contribution in [2.45, 2.75) is 25.6 Å². The number of esters is 1. The van der Waals surface area contributed by atoms with E-state index in [1.165, 1.54) is 4.90 Å². The van der Waals surface area contributed by atoms with Crippen molar-refractivity contribution in [3.05, 3.63) is 107 Å². The van der Waals surface area contributed by atoms with Crippen molar-refractivity contribution in [2.24, 2.45) is 0 Å². The minimum absolute atomic E-state index is 0.0973. The summed E-state index contributed by atoms with van der Waals surface area (Å²) in [7, 11) is 0. The minimum Gasteiger partial charge on any atom is -0.459 e. The van der Waals surface area contributed by atoms with Gasteiger partial charge in [-0.2, -0.15) is 0 Å². The van der Waals surface area contributed by atoms with Crippen LogP contribution in [0.2, 0.25) is 0 Å². The van der Waals surface area contributed by atoms with Crippen molar-refractivity contribution in [2.75, 3.05) is 6.54 Å². The third-order valence-corrected chi connectivity index (χ3v) is 6.19. The van der Waals surface area contributed by atoms with E-state index in [1.807, 2.05) is 54.6 Å².